The highest BCUT2D eigenvalue weighted by atomic mass is 35.5. The number of carbonyl (C=O) groups is 2. The van der Waals surface area contributed by atoms with E-state index in [0.717, 1.165) is 38.8 Å². The van der Waals surface area contributed by atoms with Crippen LogP contribution in [0.1, 0.15) is 36.0 Å². The van der Waals surface area contributed by atoms with Crippen LogP contribution in [0, 0.1) is 22.0 Å². The van der Waals surface area contributed by atoms with Gasteiger partial charge in [-0.3, -0.25) is 19.7 Å². The zero-order chi connectivity index (χ0) is 21.8. The maximum absolute atomic E-state index is 12.5. The summed E-state index contributed by atoms with van der Waals surface area (Å²) in [7, 11) is 0. The summed E-state index contributed by atoms with van der Waals surface area (Å²) in [6.45, 7) is 2.44. The van der Waals surface area contributed by atoms with Crippen LogP contribution in [0.5, 0.6) is 0 Å². The number of nitro benzene ring substituents is 1. The van der Waals surface area contributed by atoms with Gasteiger partial charge in [0, 0.05) is 30.3 Å². The van der Waals surface area contributed by atoms with E-state index in [4.69, 9.17) is 0 Å². The number of nitro groups is 1. The Morgan fingerprint density at radius 2 is 1.88 bits per heavy atom. The number of hydrogen-bond donors (Lipinski definition) is 3. The summed E-state index contributed by atoms with van der Waals surface area (Å²) in [6, 6.07) is 7.71. The standard InChI is InChI=1S/C22H25N5O4.ClH/c28-21(25-13-14-5-8-23-9-6-14)17-3-4-18(19(11-17)27(30)31)16-7-10-24-20(12-16)26-22(29)15-1-2-15;/h3-4,7,10-12,14-15,23H,1-2,5-6,8-9,13H2,(H,25,28)(H,24,26,29);1H. The lowest BCUT2D eigenvalue weighted by atomic mass is 9.98. The number of carbonyl (C=O) groups excluding carboxylic acids is 2. The van der Waals surface area contributed by atoms with Gasteiger partial charge in [-0.1, -0.05) is 0 Å². The molecule has 1 aromatic carbocycles. The van der Waals surface area contributed by atoms with Gasteiger partial charge in [-0.2, -0.15) is 0 Å². The van der Waals surface area contributed by atoms with Crippen LogP contribution < -0.4 is 16.0 Å². The summed E-state index contributed by atoms with van der Waals surface area (Å²) in [5.74, 6) is 0.399. The maximum Gasteiger partial charge on any atom is 0.277 e. The highest BCUT2D eigenvalue weighted by molar-refractivity contribution is 5.96. The number of hydrogen-bond acceptors (Lipinski definition) is 6. The van der Waals surface area contributed by atoms with E-state index < -0.39 is 4.92 Å². The van der Waals surface area contributed by atoms with Crippen molar-refractivity contribution < 1.29 is 14.5 Å². The molecule has 1 aliphatic carbocycles. The molecule has 2 heterocycles. The Morgan fingerprint density at radius 3 is 2.56 bits per heavy atom. The molecule has 2 amide bonds. The molecular weight excluding hydrogens is 434 g/mol. The number of pyridine rings is 1. The van der Waals surface area contributed by atoms with Crippen molar-refractivity contribution in [3.8, 4) is 11.1 Å². The normalized spacial score (nSPS) is 16.0. The molecule has 0 bridgehead atoms. The van der Waals surface area contributed by atoms with Crippen molar-refractivity contribution in [2.75, 3.05) is 25.0 Å². The maximum atomic E-state index is 12.5. The lowest BCUT2D eigenvalue weighted by Gasteiger charge is -2.22. The van der Waals surface area contributed by atoms with E-state index in [1.807, 2.05) is 0 Å². The first kappa shape index (κ1) is 23.6. The third-order valence-electron chi connectivity index (χ3n) is 5.74. The third kappa shape index (κ3) is 5.80. The molecule has 9 nitrogen and oxygen atoms in total. The van der Waals surface area contributed by atoms with Gasteiger partial charge in [-0.05, 0) is 74.5 Å². The van der Waals surface area contributed by atoms with Crippen LogP contribution in [-0.2, 0) is 4.79 Å². The van der Waals surface area contributed by atoms with Crippen molar-refractivity contribution in [2.24, 2.45) is 11.8 Å². The zero-order valence-corrected chi connectivity index (χ0v) is 18.3. The van der Waals surface area contributed by atoms with Crippen molar-refractivity contribution in [1.82, 2.24) is 15.6 Å². The zero-order valence-electron chi connectivity index (χ0n) is 17.5. The van der Waals surface area contributed by atoms with Gasteiger partial charge in [0.15, 0.2) is 0 Å². The van der Waals surface area contributed by atoms with Crippen molar-refractivity contribution in [3.63, 3.8) is 0 Å². The Balaban J connectivity index is 0.00000289. The molecule has 1 saturated carbocycles. The number of nitrogens with zero attached hydrogens (tertiary/aromatic N) is 2. The highest BCUT2D eigenvalue weighted by Gasteiger charge is 2.30. The quantitative estimate of drug-likeness (QED) is 0.431. The molecule has 10 heteroatoms. The fourth-order valence-corrected chi connectivity index (χ4v) is 3.73. The first-order valence-electron chi connectivity index (χ1n) is 10.6. The van der Waals surface area contributed by atoms with Gasteiger partial charge in [-0.15, -0.1) is 12.4 Å². The van der Waals surface area contributed by atoms with Gasteiger partial charge in [-0.25, -0.2) is 4.98 Å². The van der Waals surface area contributed by atoms with Crippen molar-refractivity contribution >= 4 is 35.7 Å². The average Bonchev–Trinajstić information content (AvgIpc) is 3.63. The van der Waals surface area contributed by atoms with Crippen LogP contribution in [0.4, 0.5) is 11.5 Å². The van der Waals surface area contributed by atoms with Crippen molar-refractivity contribution in [3.05, 3.63) is 52.2 Å². The number of halogens is 1. The lowest BCUT2D eigenvalue weighted by Crippen LogP contribution is -2.35. The van der Waals surface area contributed by atoms with E-state index in [1.54, 1.807) is 24.3 Å². The molecule has 2 aromatic rings. The van der Waals surface area contributed by atoms with Crippen molar-refractivity contribution in [2.45, 2.75) is 25.7 Å². The number of benzene rings is 1. The summed E-state index contributed by atoms with van der Waals surface area (Å²) in [6.07, 6.45) is 5.25. The predicted octanol–water partition coefficient (Wildman–Crippen LogP) is 3.16. The van der Waals surface area contributed by atoms with E-state index >= 15 is 0 Å². The number of rotatable bonds is 7. The molecule has 0 unspecified atom stereocenters. The molecule has 1 saturated heterocycles. The monoisotopic (exact) mass is 459 g/mol. The van der Waals surface area contributed by atoms with E-state index in [1.165, 1.54) is 12.3 Å². The summed E-state index contributed by atoms with van der Waals surface area (Å²) in [4.78, 5) is 39.9. The number of anilines is 1. The number of nitrogens with one attached hydrogen (secondary N) is 3. The van der Waals surface area contributed by atoms with E-state index in [2.05, 4.69) is 20.9 Å². The molecule has 4 rings (SSSR count). The largest absolute Gasteiger partial charge is 0.352 e. The molecule has 3 N–H and O–H groups in total. The van der Waals surface area contributed by atoms with Crippen molar-refractivity contribution in [1.29, 1.82) is 0 Å². The van der Waals surface area contributed by atoms with Gasteiger partial charge in [0.25, 0.3) is 11.6 Å². The fourth-order valence-electron chi connectivity index (χ4n) is 3.73. The van der Waals surface area contributed by atoms with E-state index in [0.29, 0.717) is 29.4 Å². The Hall–Kier alpha value is -3.04. The number of piperidine rings is 1. The second-order valence-electron chi connectivity index (χ2n) is 8.09. The number of aromatic nitrogens is 1. The third-order valence-corrected chi connectivity index (χ3v) is 5.74. The van der Waals surface area contributed by atoms with Gasteiger partial charge in [0.1, 0.15) is 5.82 Å². The summed E-state index contributed by atoms with van der Waals surface area (Å²) in [5.41, 5.74) is 1.000. The predicted molar refractivity (Wildman–Crippen MR) is 123 cm³/mol. The molecule has 32 heavy (non-hydrogen) atoms. The lowest BCUT2D eigenvalue weighted by molar-refractivity contribution is -0.384. The van der Waals surface area contributed by atoms with Crippen LogP contribution in [0.2, 0.25) is 0 Å². The van der Waals surface area contributed by atoms with Gasteiger partial charge >= 0.3 is 0 Å². The van der Waals surface area contributed by atoms with Crippen LogP contribution in [-0.4, -0.2) is 41.4 Å². The Labute approximate surface area is 191 Å². The molecule has 1 aliphatic heterocycles. The summed E-state index contributed by atoms with van der Waals surface area (Å²) < 4.78 is 0. The summed E-state index contributed by atoms with van der Waals surface area (Å²) in [5, 5.41) is 20.6. The van der Waals surface area contributed by atoms with Gasteiger partial charge in [0.2, 0.25) is 5.91 Å². The number of amides is 2. The fraction of sp³-hybridized carbons (Fsp3) is 0.409. The molecule has 1 aromatic heterocycles. The van der Waals surface area contributed by atoms with Gasteiger partial charge < -0.3 is 16.0 Å². The molecule has 170 valence electrons. The first-order valence-corrected chi connectivity index (χ1v) is 10.6. The minimum atomic E-state index is -0.498. The SMILES string of the molecule is Cl.O=C(NCC1CCNCC1)c1ccc(-c2ccnc(NC(=O)C3CC3)c2)c([N+](=O)[O-])c1. The minimum absolute atomic E-state index is 0. The Kier molecular flexibility index (Phi) is 7.76. The van der Waals surface area contributed by atoms with E-state index in [-0.39, 0.29) is 41.4 Å². The topological polar surface area (TPSA) is 126 Å². The van der Waals surface area contributed by atoms with Crippen LogP contribution >= 0.6 is 12.4 Å². The summed E-state index contributed by atoms with van der Waals surface area (Å²) >= 11 is 0. The highest BCUT2D eigenvalue weighted by Crippen LogP contribution is 2.33. The second-order valence-corrected chi connectivity index (χ2v) is 8.09. The average molecular weight is 460 g/mol. The Bertz CT molecular complexity index is 1010. The van der Waals surface area contributed by atoms with Crippen LogP contribution in [0.3, 0.4) is 0 Å². The van der Waals surface area contributed by atoms with Crippen LogP contribution in [0.25, 0.3) is 11.1 Å². The first-order chi connectivity index (χ1) is 15.0. The molecule has 0 atom stereocenters. The van der Waals surface area contributed by atoms with Crippen LogP contribution in [0.15, 0.2) is 36.5 Å². The Morgan fingerprint density at radius 1 is 1.12 bits per heavy atom. The second kappa shape index (κ2) is 10.5. The van der Waals surface area contributed by atoms with Gasteiger partial charge in [0.05, 0.1) is 10.5 Å². The molecular formula is C22H26ClN5O4. The molecule has 0 radical (unpaired) electrons. The smallest absolute Gasteiger partial charge is 0.277 e. The minimum Gasteiger partial charge on any atom is -0.352 e. The van der Waals surface area contributed by atoms with E-state index in [9.17, 15) is 19.7 Å². The molecule has 0 spiro atoms. The molecule has 2 fully saturated rings. The molecule has 2 aliphatic rings.